The molecule has 0 unspecified atom stereocenters. The Kier molecular flexibility index (Phi) is 6.21. The van der Waals surface area contributed by atoms with E-state index in [0.717, 1.165) is 5.56 Å². The normalized spacial score (nSPS) is 10.1. The zero-order chi connectivity index (χ0) is 17.5. The van der Waals surface area contributed by atoms with Crippen LogP contribution >= 0.6 is 11.6 Å². The highest BCUT2D eigenvalue weighted by molar-refractivity contribution is 6.32. The van der Waals surface area contributed by atoms with E-state index in [0.29, 0.717) is 29.9 Å². The molecule has 1 N–H and O–H groups in total. The average Bonchev–Trinajstić information content (AvgIpc) is 2.54. The van der Waals surface area contributed by atoms with Gasteiger partial charge in [-0.25, -0.2) is 0 Å². The van der Waals surface area contributed by atoms with Gasteiger partial charge in [-0.2, -0.15) is 0 Å². The predicted molar refractivity (Wildman–Crippen MR) is 93.3 cm³/mol. The monoisotopic (exact) mass is 347 g/mol. The molecule has 24 heavy (non-hydrogen) atoms. The van der Waals surface area contributed by atoms with E-state index in [1.54, 1.807) is 13.0 Å². The van der Waals surface area contributed by atoms with Gasteiger partial charge in [0.1, 0.15) is 6.29 Å². The topological polar surface area (TPSA) is 64.6 Å². The number of hydrogen-bond donors (Lipinski definition) is 1. The number of carbonyl (C=O) groups excluding carboxylic acids is 2. The summed E-state index contributed by atoms with van der Waals surface area (Å²) in [5.41, 5.74) is 2.11. The van der Waals surface area contributed by atoms with Crippen molar-refractivity contribution >= 4 is 29.5 Å². The van der Waals surface area contributed by atoms with Crippen molar-refractivity contribution in [1.29, 1.82) is 0 Å². The number of carbonyl (C=O) groups is 2. The highest BCUT2D eigenvalue weighted by atomic mass is 35.5. The number of aryl methyl sites for hydroxylation is 1. The number of nitrogens with one attached hydrogen (secondary N) is 1. The van der Waals surface area contributed by atoms with E-state index in [-0.39, 0.29) is 23.3 Å². The molecular formula is C18H18ClNO4. The Bertz CT molecular complexity index is 746. The summed E-state index contributed by atoms with van der Waals surface area (Å²) in [7, 11) is 0. The van der Waals surface area contributed by atoms with Crippen molar-refractivity contribution in [2.24, 2.45) is 0 Å². The third-order valence-electron chi connectivity index (χ3n) is 3.12. The molecule has 2 rings (SSSR count). The van der Waals surface area contributed by atoms with E-state index in [4.69, 9.17) is 21.1 Å². The van der Waals surface area contributed by atoms with E-state index in [2.05, 4.69) is 5.32 Å². The van der Waals surface area contributed by atoms with Crippen LogP contribution in [0.25, 0.3) is 0 Å². The third-order valence-corrected chi connectivity index (χ3v) is 3.40. The highest BCUT2D eigenvalue weighted by Gasteiger charge is 2.14. The first kappa shape index (κ1) is 17.8. The van der Waals surface area contributed by atoms with Crippen molar-refractivity contribution in [2.75, 3.05) is 18.5 Å². The molecule has 0 atom stereocenters. The molecule has 1 amide bonds. The van der Waals surface area contributed by atoms with Gasteiger partial charge in [-0.3, -0.25) is 9.59 Å². The number of rotatable bonds is 7. The van der Waals surface area contributed by atoms with Crippen LogP contribution in [0.1, 0.15) is 22.8 Å². The summed E-state index contributed by atoms with van der Waals surface area (Å²) >= 11 is 6.12. The second kappa shape index (κ2) is 8.36. The molecule has 0 spiro atoms. The van der Waals surface area contributed by atoms with Crippen molar-refractivity contribution in [3.8, 4) is 11.5 Å². The minimum Gasteiger partial charge on any atom is -0.490 e. The lowest BCUT2D eigenvalue weighted by Crippen LogP contribution is -2.20. The summed E-state index contributed by atoms with van der Waals surface area (Å²) < 4.78 is 10.9. The smallest absolute Gasteiger partial charge is 0.262 e. The lowest BCUT2D eigenvalue weighted by Gasteiger charge is -2.14. The zero-order valence-electron chi connectivity index (χ0n) is 13.5. The fourth-order valence-electron chi connectivity index (χ4n) is 2.12. The van der Waals surface area contributed by atoms with Crippen LogP contribution in [-0.2, 0) is 4.79 Å². The first-order valence-electron chi connectivity index (χ1n) is 7.44. The van der Waals surface area contributed by atoms with Crippen LogP contribution in [0.2, 0.25) is 5.02 Å². The molecule has 0 aliphatic rings. The van der Waals surface area contributed by atoms with Crippen molar-refractivity contribution in [3.63, 3.8) is 0 Å². The average molecular weight is 348 g/mol. The maximum absolute atomic E-state index is 12.0. The molecule has 0 aromatic heterocycles. The fraction of sp³-hybridized carbons (Fsp3) is 0.222. The molecule has 0 saturated carbocycles. The zero-order valence-corrected chi connectivity index (χ0v) is 14.2. The van der Waals surface area contributed by atoms with Gasteiger partial charge in [0.2, 0.25) is 0 Å². The highest BCUT2D eigenvalue weighted by Crippen LogP contribution is 2.36. The Hall–Kier alpha value is -2.53. The van der Waals surface area contributed by atoms with Gasteiger partial charge in [-0.15, -0.1) is 0 Å². The van der Waals surface area contributed by atoms with Crippen molar-refractivity contribution in [2.45, 2.75) is 13.8 Å². The second-order valence-corrected chi connectivity index (χ2v) is 5.49. The molecule has 0 saturated heterocycles. The fourth-order valence-corrected chi connectivity index (χ4v) is 2.39. The summed E-state index contributed by atoms with van der Waals surface area (Å²) in [6.07, 6.45) is 0.669. The standard InChI is InChI=1S/C18H18ClNO4/c1-3-23-16-9-13(10-21)8-15(19)18(16)24-11-17(22)20-14-6-4-5-12(2)7-14/h4-10H,3,11H2,1-2H3,(H,20,22). The molecule has 126 valence electrons. The Morgan fingerprint density at radius 3 is 2.71 bits per heavy atom. The lowest BCUT2D eigenvalue weighted by atomic mass is 10.2. The van der Waals surface area contributed by atoms with Crippen LogP contribution < -0.4 is 14.8 Å². The Morgan fingerprint density at radius 2 is 2.04 bits per heavy atom. The van der Waals surface area contributed by atoms with Crippen LogP contribution in [-0.4, -0.2) is 25.4 Å². The largest absolute Gasteiger partial charge is 0.490 e. The summed E-state index contributed by atoms with van der Waals surface area (Å²) in [4.78, 5) is 22.9. The summed E-state index contributed by atoms with van der Waals surface area (Å²) in [5, 5.41) is 2.96. The summed E-state index contributed by atoms with van der Waals surface area (Å²) in [6, 6.07) is 10.4. The summed E-state index contributed by atoms with van der Waals surface area (Å²) in [5.74, 6) is 0.248. The third kappa shape index (κ3) is 4.73. The van der Waals surface area contributed by atoms with Crippen LogP contribution in [0.4, 0.5) is 5.69 Å². The Balaban J connectivity index is 2.07. The van der Waals surface area contributed by atoms with Crippen molar-refractivity contribution in [3.05, 3.63) is 52.5 Å². The van der Waals surface area contributed by atoms with Crippen molar-refractivity contribution in [1.82, 2.24) is 0 Å². The van der Waals surface area contributed by atoms with Gasteiger partial charge in [0.15, 0.2) is 18.1 Å². The Morgan fingerprint density at radius 1 is 1.25 bits per heavy atom. The van der Waals surface area contributed by atoms with E-state index < -0.39 is 0 Å². The van der Waals surface area contributed by atoms with Crippen LogP contribution in [0.15, 0.2) is 36.4 Å². The van der Waals surface area contributed by atoms with Gasteiger partial charge in [0.25, 0.3) is 5.91 Å². The van der Waals surface area contributed by atoms with Gasteiger partial charge in [0.05, 0.1) is 11.6 Å². The first-order valence-corrected chi connectivity index (χ1v) is 7.82. The van der Waals surface area contributed by atoms with Crippen LogP contribution in [0, 0.1) is 6.92 Å². The van der Waals surface area contributed by atoms with Gasteiger partial charge in [0, 0.05) is 11.3 Å². The number of amides is 1. The lowest BCUT2D eigenvalue weighted by molar-refractivity contribution is -0.118. The van der Waals surface area contributed by atoms with Crippen molar-refractivity contribution < 1.29 is 19.1 Å². The molecule has 0 heterocycles. The van der Waals surface area contributed by atoms with Crippen LogP contribution in [0.5, 0.6) is 11.5 Å². The van der Waals surface area contributed by atoms with Gasteiger partial charge in [-0.1, -0.05) is 23.7 Å². The molecule has 2 aromatic carbocycles. The molecule has 0 aliphatic heterocycles. The maximum Gasteiger partial charge on any atom is 0.262 e. The van der Waals surface area contributed by atoms with E-state index in [1.165, 1.54) is 12.1 Å². The maximum atomic E-state index is 12.0. The van der Waals surface area contributed by atoms with Gasteiger partial charge < -0.3 is 14.8 Å². The number of benzene rings is 2. The molecule has 6 heteroatoms. The molecule has 0 radical (unpaired) electrons. The number of anilines is 1. The predicted octanol–water partition coefficient (Wildman–Crippen LogP) is 3.88. The van der Waals surface area contributed by atoms with E-state index in [9.17, 15) is 9.59 Å². The quantitative estimate of drug-likeness (QED) is 0.772. The Labute approximate surface area is 145 Å². The molecule has 0 bridgehead atoms. The van der Waals surface area contributed by atoms with E-state index >= 15 is 0 Å². The number of aldehydes is 1. The number of halogens is 1. The first-order chi connectivity index (χ1) is 11.5. The number of ether oxygens (including phenoxy) is 2. The number of hydrogen-bond acceptors (Lipinski definition) is 4. The van der Waals surface area contributed by atoms with Gasteiger partial charge in [-0.05, 0) is 43.7 Å². The van der Waals surface area contributed by atoms with Crippen LogP contribution in [0.3, 0.4) is 0 Å². The van der Waals surface area contributed by atoms with E-state index in [1.807, 2.05) is 25.1 Å². The minimum absolute atomic E-state index is 0.214. The molecule has 5 nitrogen and oxygen atoms in total. The summed E-state index contributed by atoms with van der Waals surface area (Å²) in [6.45, 7) is 3.89. The molecule has 2 aromatic rings. The molecular weight excluding hydrogens is 330 g/mol. The van der Waals surface area contributed by atoms with Gasteiger partial charge >= 0.3 is 0 Å². The SMILES string of the molecule is CCOc1cc(C=O)cc(Cl)c1OCC(=O)Nc1cccc(C)c1. The second-order valence-electron chi connectivity index (χ2n) is 5.09. The molecule has 0 fully saturated rings. The molecule has 0 aliphatic carbocycles. The minimum atomic E-state index is -0.321.